The van der Waals surface area contributed by atoms with E-state index in [9.17, 15) is 13.2 Å². The molecule has 1 fully saturated rings. The third-order valence-corrected chi connectivity index (χ3v) is 6.34. The number of benzene rings is 1. The van der Waals surface area contributed by atoms with Crippen LogP contribution in [0.5, 0.6) is 0 Å². The predicted molar refractivity (Wildman–Crippen MR) is 99.9 cm³/mol. The van der Waals surface area contributed by atoms with Gasteiger partial charge >= 0.3 is 0 Å². The lowest BCUT2D eigenvalue weighted by molar-refractivity contribution is -0.126. The molecule has 0 saturated carbocycles. The van der Waals surface area contributed by atoms with Gasteiger partial charge in [0.25, 0.3) is 0 Å². The lowest BCUT2D eigenvalue weighted by atomic mass is 9.99. The first-order valence-corrected chi connectivity index (χ1v) is 10.4. The molecule has 1 atom stereocenters. The summed E-state index contributed by atoms with van der Waals surface area (Å²) in [7, 11) is 0.437. The molecule has 0 radical (unpaired) electrons. The number of carbonyl (C=O) groups is 1. The molecule has 1 aliphatic heterocycles. The number of amides is 1. The van der Waals surface area contributed by atoms with Crippen molar-refractivity contribution in [2.24, 2.45) is 5.92 Å². The monoisotopic (exact) mass is 387 g/mol. The Kier molecular flexibility index (Phi) is 7.25. The quantitative estimate of drug-likeness (QED) is 0.770. The van der Waals surface area contributed by atoms with E-state index in [1.165, 1.54) is 4.31 Å². The molecule has 1 saturated heterocycles. The fourth-order valence-corrected chi connectivity index (χ4v) is 4.58. The van der Waals surface area contributed by atoms with Gasteiger partial charge < -0.3 is 10.2 Å². The lowest BCUT2D eigenvalue weighted by Crippen LogP contribution is -2.46. The molecule has 1 N–H and O–H groups in total. The van der Waals surface area contributed by atoms with E-state index in [0.717, 1.165) is 13.0 Å². The van der Waals surface area contributed by atoms with Crippen LogP contribution in [0.4, 0.5) is 0 Å². The molecule has 2 rings (SSSR count). The fourth-order valence-electron chi connectivity index (χ4n) is 2.84. The van der Waals surface area contributed by atoms with Crippen LogP contribution in [0, 0.1) is 5.92 Å². The van der Waals surface area contributed by atoms with Crippen molar-refractivity contribution in [3.63, 3.8) is 0 Å². The molecule has 6 nitrogen and oxygen atoms in total. The Morgan fingerprint density at radius 1 is 1.32 bits per heavy atom. The topological polar surface area (TPSA) is 69.7 Å². The Bertz CT molecular complexity index is 677. The zero-order valence-corrected chi connectivity index (χ0v) is 16.3. The van der Waals surface area contributed by atoms with Crippen LogP contribution in [0.1, 0.15) is 18.4 Å². The largest absolute Gasteiger partial charge is 0.355 e. The second-order valence-electron chi connectivity index (χ2n) is 6.67. The van der Waals surface area contributed by atoms with Crippen LogP contribution < -0.4 is 5.32 Å². The van der Waals surface area contributed by atoms with Crippen molar-refractivity contribution >= 4 is 27.5 Å². The van der Waals surface area contributed by atoms with Gasteiger partial charge in [-0.2, -0.15) is 0 Å². The van der Waals surface area contributed by atoms with E-state index in [1.54, 1.807) is 24.3 Å². The van der Waals surface area contributed by atoms with Gasteiger partial charge in [-0.3, -0.25) is 4.79 Å². The van der Waals surface area contributed by atoms with Crippen LogP contribution >= 0.6 is 11.6 Å². The number of nitrogens with zero attached hydrogens (tertiary/aromatic N) is 2. The van der Waals surface area contributed by atoms with E-state index >= 15 is 0 Å². The van der Waals surface area contributed by atoms with E-state index in [4.69, 9.17) is 11.6 Å². The number of hydrogen-bond acceptors (Lipinski definition) is 4. The summed E-state index contributed by atoms with van der Waals surface area (Å²) in [5.74, 6) is -0.414. The minimum atomic E-state index is -3.45. The first kappa shape index (κ1) is 20.2. The SMILES string of the molecule is CN(C)CCNC(=O)[C@H]1CCCN(S(=O)(=O)Cc2ccc(Cl)cc2)C1. The Balaban J connectivity index is 1.94. The summed E-state index contributed by atoms with van der Waals surface area (Å²) in [6.07, 6.45) is 1.42. The van der Waals surface area contributed by atoms with Gasteiger partial charge in [0, 0.05) is 31.2 Å². The molecule has 25 heavy (non-hydrogen) atoms. The molecular formula is C17H26ClN3O3S. The van der Waals surface area contributed by atoms with Crippen molar-refractivity contribution in [3.8, 4) is 0 Å². The second-order valence-corrected chi connectivity index (χ2v) is 9.08. The molecule has 0 aromatic heterocycles. The van der Waals surface area contributed by atoms with Gasteiger partial charge in [0.15, 0.2) is 0 Å². The van der Waals surface area contributed by atoms with Crippen molar-refractivity contribution in [2.45, 2.75) is 18.6 Å². The molecule has 0 bridgehead atoms. The molecule has 8 heteroatoms. The van der Waals surface area contributed by atoms with Crippen molar-refractivity contribution < 1.29 is 13.2 Å². The first-order chi connectivity index (χ1) is 11.8. The Morgan fingerprint density at radius 3 is 2.64 bits per heavy atom. The average molecular weight is 388 g/mol. The van der Waals surface area contributed by atoms with Crippen LogP contribution in [0.15, 0.2) is 24.3 Å². The van der Waals surface area contributed by atoms with Gasteiger partial charge in [-0.05, 0) is 44.6 Å². The number of likely N-dealkylation sites (N-methyl/N-ethyl adjacent to an activating group) is 1. The van der Waals surface area contributed by atoms with Gasteiger partial charge in [0.05, 0.1) is 11.7 Å². The number of sulfonamides is 1. The highest BCUT2D eigenvalue weighted by Gasteiger charge is 2.32. The summed E-state index contributed by atoms with van der Waals surface area (Å²) in [6.45, 7) is 2.05. The molecule has 1 aliphatic rings. The van der Waals surface area contributed by atoms with E-state index in [2.05, 4.69) is 5.32 Å². The van der Waals surface area contributed by atoms with Crippen LogP contribution in [0.3, 0.4) is 0 Å². The molecule has 0 spiro atoms. The number of piperidine rings is 1. The first-order valence-electron chi connectivity index (χ1n) is 8.42. The van der Waals surface area contributed by atoms with Crippen LogP contribution in [0.25, 0.3) is 0 Å². The zero-order valence-electron chi connectivity index (χ0n) is 14.7. The maximum absolute atomic E-state index is 12.7. The lowest BCUT2D eigenvalue weighted by Gasteiger charge is -2.31. The molecule has 1 heterocycles. The highest BCUT2D eigenvalue weighted by Crippen LogP contribution is 2.22. The summed E-state index contributed by atoms with van der Waals surface area (Å²) < 4.78 is 26.8. The van der Waals surface area contributed by atoms with Crippen molar-refractivity contribution in [3.05, 3.63) is 34.9 Å². The van der Waals surface area contributed by atoms with E-state index in [0.29, 0.717) is 30.1 Å². The minimum absolute atomic E-state index is 0.0618. The number of nitrogens with one attached hydrogen (secondary N) is 1. The normalized spacial score (nSPS) is 19.1. The molecule has 140 valence electrons. The summed E-state index contributed by atoms with van der Waals surface area (Å²) in [5, 5.41) is 3.47. The maximum atomic E-state index is 12.7. The highest BCUT2D eigenvalue weighted by atomic mass is 35.5. The molecule has 1 amide bonds. The maximum Gasteiger partial charge on any atom is 0.224 e. The summed E-state index contributed by atoms with van der Waals surface area (Å²) in [6, 6.07) is 6.80. The third kappa shape index (κ3) is 6.26. The molecule has 0 unspecified atom stereocenters. The molecular weight excluding hydrogens is 362 g/mol. The van der Waals surface area contributed by atoms with Crippen LogP contribution in [-0.2, 0) is 20.6 Å². The van der Waals surface area contributed by atoms with Gasteiger partial charge in [-0.15, -0.1) is 0 Å². The second kappa shape index (κ2) is 8.98. The van der Waals surface area contributed by atoms with E-state index in [1.807, 2.05) is 19.0 Å². The van der Waals surface area contributed by atoms with Crippen molar-refractivity contribution in [1.29, 1.82) is 0 Å². The number of halogens is 1. The van der Waals surface area contributed by atoms with Gasteiger partial charge in [-0.25, -0.2) is 12.7 Å². The summed E-state index contributed by atoms with van der Waals surface area (Å²) >= 11 is 5.84. The van der Waals surface area contributed by atoms with E-state index in [-0.39, 0.29) is 24.1 Å². The standard InChI is InChI=1S/C17H26ClN3O3S/c1-20(2)11-9-19-17(22)15-4-3-10-21(12-15)25(23,24)13-14-5-7-16(18)8-6-14/h5-8,15H,3-4,9-13H2,1-2H3,(H,19,22)/t15-/m0/s1. The van der Waals surface area contributed by atoms with Gasteiger partial charge in [0.2, 0.25) is 15.9 Å². The van der Waals surface area contributed by atoms with Gasteiger partial charge in [-0.1, -0.05) is 23.7 Å². The van der Waals surface area contributed by atoms with Crippen molar-refractivity contribution in [2.75, 3.05) is 40.3 Å². The Morgan fingerprint density at radius 2 is 2.00 bits per heavy atom. The fraction of sp³-hybridized carbons (Fsp3) is 0.588. The van der Waals surface area contributed by atoms with Crippen molar-refractivity contribution in [1.82, 2.24) is 14.5 Å². The smallest absolute Gasteiger partial charge is 0.224 e. The predicted octanol–water partition coefficient (Wildman–Crippen LogP) is 1.56. The number of carbonyl (C=O) groups excluding carboxylic acids is 1. The highest BCUT2D eigenvalue weighted by molar-refractivity contribution is 7.88. The van der Waals surface area contributed by atoms with E-state index < -0.39 is 10.0 Å². The average Bonchev–Trinajstić information content (AvgIpc) is 2.56. The number of rotatable bonds is 7. The Labute approximate surface area is 155 Å². The van der Waals surface area contributed by atoms with Crippen LogP contribution in [0.2, 0.25) is 5.02 Å². The Hall–Kier alpha value is -1.15. The minimum Gasteiger partial charge on any atom is -0.355 e. The molecule has 1 aromatic rings. The third-order valence-electron chi connectivity index (χ3n) is 4.27. The van der Waals surface area contributed by atoms with Gasteiger partial charge in [0.1, 0.15) is 0 Å². The molecule has 0 aliphatic carbocycles. The molecule has 1 aromatic carbocycles. The summed E-state index contributed by atoms with van der Waals surface area (Å²) in [4.78, 5) is 14.3. The number of hydrogen-bond donors (Lipinski definition) is 1. The summed E-state index contributed by atoms with van der Waals surface area (Å²) in [5.41, 5.74) is 0.696. The zero-order chi connectivity index (χ0) is 18.4. The van der Waals surface area contributed by atoms with Crippen LogP contribution in [-0.4, -0.2) is 63.8 Å².